The third-order valence-corrected chi connectivity index (χ3v) is 6.74. The van der Waals surface area contributed by atoms with Crippen molar-refractivity contribution in [3.8, 4) is 0 Å². The summed E-state index contributed by atoms with van der Waals surface area (Å²) in [4.78, 5) is 11.6. The van der Waals surface area contributed by atoms with Gasteiger partial charge in [0.1, 0.15) is 5.82 Å². The molecule has 2 aliphatic rings. The van der Waals surface area contributed by atoms with Crippen molar-refractivity contribution in [2.75, 3.05) is 26.2 Å². The first-order valence-corrected chi connectivity index (χ1v) is 10.6. The van der Waals surface area contributed by atoms with Crippen LogP contribution in [-0.2, 0) is 14.8 Å². The van der Waals surface area contributed by atoms with E-state index < -0.39 is 21.8 Å². The van der Waals surface area contributed by atoms with E-state index in [0.717, 1.165) is 37.4 Å². The van der Waals surface area contributed by atoms with Crippen LogP contribution in [0, 0.1) is 11.7 Å². The Morgan fingerprint density at radius 2 is 1.89 bits per heavy atom. The first-order valence-electron chi connectivity index (χ1n) is 9.11. The summed E-state index contributed by atoms with van der Waals surface area (Å²) in [6, 6.07) is 3.46. The lowest BCUT2D eigenvalue weighted by atomic mass is 10.1. The minimum Gasteiger partial charge on any atom is -0.462 e. The molecular weight excluding hydrogens is 395 g/mol. The third kappa shape index (κ3) is 5.63. The number of nitrogens with zero attached hydrogens (tertiary/aromatic N) is 1. The van der Waals surface area contributed by atoms with Crippen molar-refractivity contribution in [3.05, 3.63) is 29.6 Å². The Labute approximate surface area is 165 Å². The summed E-state index contributed by atoms with van der Waals surface area (Å²) in [5.74, 6) is -0.716. The fourth-order valence-corrected chi connectivity index (χ4v) is 4.68. The SMILES string of the molecule is CCOC(=O)c1cc(F)cc(S(=O)(=O)N2CCC(NCC3CC3)CC2)c1.Cl. The lowest BCUT2D eigenvalue weighted by Crippen LogP contribution is -2.45. The number of carbonyl (C=O) groups excluding carboxylic acids is 1. The molecular formula is C18H26ClFN2O4S. The Morgan fingerprint density at radius 1 is 1.22 bits per heavy atom. The van der Waals surface area contributed by atoms with E-state index in [1.54, 1.807) is 6.92 Å². The zero-order valence-electron chi connectivity index (χ0n) is 15.3. The Balaban J connectivity index is 0.00000261. The van der Waals surface area contributed by atoms with Crippen LogP contribution in [0.3, 0.4) is 0 Å². The number of esters is 1. The number of hydrogen-bond donors (Lipinski definition) is 1. The van der Waals surface area contributed by atoms with Gasteiger partial charge in [-0.3, -0.25) is 0 Å². The van der Waals surface area contributed by atoms with Crippen LogP contribution in [0.25, 0.3) is 0 Å². The summed E-state index contributed by atoms with van der Waals surface area (Å²) >= 11 is 0. The minimum absolute atomic E-state index is 0. The number of hydrogen-bond acceptors (Lipinski definition) is 5. The van der Waals surface area contributed by atoms with Crippen LogP contribution in [0.1, 0.15) is 43.0 Å². The molecule has 1 aromatic rings. The second kappa shape index (κ2) is 9.32. The van der Waals surface area contributed by atoms with Crippen LogP contribution in [0.2, 0.25) is 0 Å². The number of rotatable bonds is 7. The predicted octanol–water partition coefficient (Wildman–Crippen LogP) is 2.58. The maximum absolute atomic E-state index is 13.9. The first-order chi connectivity index (χ1) is 12.4. The number of ether oxygens (including phenoxy) is 1. The van der Waals surface area contributed by atoms with Gasteiger partial charge < -0.3 is 10.1 Å². The summed E-state index contributed by atoms with van der Waals surface area (Å²) in [6.07, 6.45) is 4.02. The molecule has 1 saturated heterocycles. The molecule has 3 rings (SSSR count). The predicted molar refractivity (Wildman–Crippen MR) is 102 cm³/mol. The zero-order valence-corrected chi connectivity index (χ0v) is 17.0. The average Bonchev–Trinajstić information content (AvgIpc) is 3.44. The van der Waals surface area contributed by atoms with E-state index in [-0.39, 0.29) is 29.5 Å². The number of nitrogens with one attached hydrogen (secondary N) is 1. The van der Waals surface area contributed by atoms with Crippen LogP contribution >= 0.6 is 12.4 Å². The van der Waals surface area contributed by atoms with Crippen LogP contribution in [0.4, 0.5) is 4.39 Å². The van der Waals surface area contributed by atoms with Crippen molar-refractivity contribution < 1.29 is 22.3 Å². The molecule has 1 aliphatic heterocycles. The van der Waals surface area contributed by atoms with Crippen molar-refractivity contribution >= 4 is 28.4 Å². The average molecular weight is 421 g/mol. The van der Waals surface area contributed by atoms with Crippen molar-refractivity contribution in [2.45, 2.75) is 43.5 Å². The monoisotopic (exact) mass is 420 g/mol. The van der Waals surface area contributed by atoms with Gasteiger partial charge in [-0.05, 0) is 63.3 Å². The molecule has 27 heavy (non-hydrogen) atoms. The van der Waals surface area contributed by atoms with E-state index >= 15 is 0 Å². The molecule has 152 valence electrons. The maximum atomic E-state index is 13.9. The molecule has 0 unspecified atom stereocenters. The van der Waals surface area contributed by atoms with Crippen molar-refractivity contribution in [1.29, 1.82) is 0 Å². The molecule has 0 radical (unpaired) electrons. The molecule has 1 saturated carbocycles. The Bertz CT molecular complexity index is 763. The molecule has 0 aromatic heterocycles. The smallest absolute Gasteiger partial charge is 0.338 e. The van der Waals surface area contributed by atoms with Crippen molar-refractivity contribution in [2.24, 2.45) is 5.92 Å². The highest BCUT2D eigenvalue weighted by atomic mass is 35.5. The Kier molecular flexibility index (Phi) is 7.62. The van der Waals surface area contributed by atoms with Gasteiger partial charge in [0.25, 0.3) is 0 Å². The molecule has 2 fully saturated rings. The van der Waals surface area contributed by atoms with Gasteiger partial charge in [-0.25, -0.2) is 17.6 Å². The van der Waals surface area contributed by atoms with Gasteiger partial charge in [0.15, 0.2) is 0 Å². The quantitative estimate of drug-likeness (QED) is 0.686. The van der Waals surface area contributed by atoms with E-state index in [0.29, 0.717) is 19.1 Å². The normalized spacial score (nSPS) is 18.7. The van der Waals surface area contributed by atoms with Gasteiger partial charge >= 0.3 is 5.97 Å². The maximum Gasteiger partial charge on any atom is 0.338 e. The molecule has 0 atom stereocenters. The van der Waals surface area contributed by atoms with Crippen molar-refractivity contribution in [3.63, 3.8) is 0 Å². The summed E-state index contributed by atoms with van der Waals surface area (Å²) in [6.45, 7) is 3.55. The number of piperidine rings is 1. The van der Waals surface area contributed by atoms with Crippen LogP contribution < -0.4 is 5.32 Å². The molecule has 1 aromatic carbocycles. The molecule has 1 aliphatic carbocycles. The van der Waals surface area contributed by atoms with Crippen LogP contribution in [0.5, 0.6) is 0 Å². The molecule has 0 spiro atoms. The highest BCUT2D eigenvalue weighted by molar-refractivity contribution is 7.89. The van der Waals surface area contributed by atoms with Crippen molar-refractivity contribution in [1.82, 2.24) is 9.62 Å². The number of carbonyl (C=O) groups is 1. The fourth-order valence-electron chi connectivity index (χ4n) is 3.15. The summed E-state index contributed by atoms with van der Waals surface area (Å²) < 4.78 is 45.8. The highest BCUT2D eigenvalue weighted by Crippen LogP contribution is 2.28. The summed E-state index contributed by atoms with van der Waals surface area (Å²) in [5.41, 5.74) is -0.0913. The first kappa shape index (κ1) is 22.1. The van der Waals surface area contributed by atoms with E-state index in [9.17, 15) is 17.6 Å². The lowest BCUT2D eigenvalue weighted by molar-refractivity contribution is 0.0525. The zero-order chi connectivity index (χ0) is 18.7. The third-order valence-electron chi connectivity index (χ3n) is 4.87. The molecule has 0 bridgehead atoms. The van der Waals surface area contributed by atoms with Gasteiger partial charge in [-0.15, -0.1) is 12.4 Å². The molecule has 1 heterocycles. The topological polar surface area (TPSA) is 75.7 Å². The van der Waals surface area contributed by atoms with Gasteiger partial charge in [0.2, 0.25) is 10.0 Å². The minimum atomic E-state index is -3.84. The van der Waals surface area contributed by atoms with E-state index in [1.807, 2.05) is 0 Å². The number of benzene rings is 1. The van der Waals surface area contributed by atoms with Gasteiger partial charge in [-0.1, -0.05) is 0 Å². The second-order valence-corrected chi connectivity index (χ2v) is 8.86. The summed E-state index contributed by atoms with van der Waals surface area (Å²) in [5, 5.41) is 3.50. The van der Waals surface area contributed by atoms with E-state index in [2.05, 4.69) is 5.32 Å². The number of halogens is 2. The summed E-state index contributed by atoms with van der Waals surface area (Å²) in [7, 11) is -3.84. The molecule has 0 amide bonds. The molecule has 9 heteroatoms. The van der Waals surface area contributed by atoms with Crippen LogP contribution in [0.15, 0.2) is 23.1 Å². The van der Waals surface area contributed by atoms with E-state index in [4.69, 9.17) is 4.74 Å². The Hall–Kier alpha value is -1.22. The van der Waals surface area contributed by atoms with Gasteiger partial charge in [0, 0.05) is 19.1 Å². The molecule has 1 N–H and O–H groups in total. The van der Waals surface area contributed by atoms with Gasteiger partial charge in [0.05, 0.1) is 17.1 Å². The highest BCUT2D eigenvalue weighted by Gasteiger charge is 2.31. The Morgan fingerprint density at radius 3 is 2.48 bits per heavy atom. The second-order valence-electron chi connectivity index (χ2n) is 6.93. The largest absolute Gasteiger partial charge is 0.462 e. The van der Waals surface area contributed by atoms with Crippen LogP contribution in [-0.4, -0.2) is 51.0 Å². The van der Waals surface area contributed by atoms with Gasteiger partial charge in [-0.2, -0.15) is 4.31 Å². The number of sulfonamides is 1. The molecule has 6 nitrogen and oxygen atoms in total. The lowest BCUT2D eigenvalue weighted by Gasteiger charge is -2.31. The van der Waals surface area contributed by atoms with E-state index in [1.165, 1.54) is 23.2 Å². The standard InChI is InChI=1S/C18H25FN2O4S.ClH/c1-2-25-18(22)14-9-15(19)11-17(10-14)26(23,24)21-7-5-16(6-8-21)20-12-13-3-4-13;/h9-11,13,16,20H,2-8,12H2,1H3;1H. The fraction of sp³-hybridized carbons (Fsp3) is 0.611.